The minimum Gasteiger partial charge on any atom is -0.361 e. The van der Waals surface area contributed by atoms with Gasteiger partial charge in [-0.3, -0.25) is 0 Å². The van der Waals surface area contributed by atoms with E-state index in [1.165, 1.54) is 42.4 Å². The summed E-state index contributed by atoms with van der Waals surface area (Å²) in [5.74, 6) is 0.809. The second-order valence-corrected chi connectivity index (χ2v) is 8.46. The lowest BCUT2D eigenvalue weighted by Gasteiger charge is -2.21. The Morgan fingerprint density at radius 2 is 2.00 bits per heavy atom. The first-order chi connectivity index (χ1) is 13.3. The molecule has 1 fully saturated rings. The van der Waals surface area contributed by atoms with Crippen LogP contribution in [0.1, 0.15) is 37.7 Å². The molecule has 6 heteroatoms. The van der Waals surface area contributed by atoms with Gasteiger partial charge in [-0.2, -0.15) is 0 Å². The molecule has 0 aliphatic heterocycles. The summed E-state index contributed by atoms with van der Waals surface area (Å²) in [5, 5.41) is 4.62. The number of fused-ring (bicyclic) bond motifs is 2. The van der Waals surface area contributed by atoms with Gasteiger partial charge in [0, 0.05) is 12.7 Å². The van der Waals surface area contributed by atoms with Crippen LogP contribution >= 0.6 is 11.3 Å². The first-order valence-electron chi connectivity index (χ1n) is 9.74. The van der Waals surface area contributed by atoms with Crippen molar-refractivity contribution in [3.05, 3.63) is 48.4 Å². The lowest BCUT2D eigenvalue weighted by atomic mass is 9.89. The second-order valence-electron chi connectivity index (χ2n) is 7.42. The van der Waals surface area contributed by atoms with Gasteiger partial charge in [-0.15, -0.1) is 0 Å². The number of benzene rings is 1. The summed E-state index contributed by atoms with van der Waals surface area (Å²) in [5.41, 5.74) is 4.18. The van der Waals surface area contributed by atoms with E-state index in [4.69, 9.17) is 4.98 Å². The number of pyridine rings is 1. The van der Waals surface area contributed by atoms with E-state index < -0.39 is 0 Å². The first-order valence-corrected chi connectivity index (χ1v) is 10.6. The Morgan fingerprint density at radius 1 is 1.07 bits per heavy atom. The molecule has 5 rings (SSSR count). The molecule has 1 saturated carbocycles. The van der Waals surface area contributed by atoms with E-state index in [1.807, 2.05) is 24.7 Å². The zero-order valence-corrected chi connectivity index (χ0v) is 16.1. The van der Waals surface area contributed by atoms with Gasteiger partial charge in [-0.05, 0) is 48.6 Å². The summed E-state index contributed by atoms with van der Waals surface area (Å²) < 4.78 is 3.33. The standard InChI is InChI=1S/C21H23N5S/c1-2-5-15(6-3-1)12-23-21-25-17-9-8-16(11-19(17)27-21)13-26-14-24-18-7-4-10-22-20(18)26/h4,7-11,14-15H,1-3,5-6,12-13H2,(H,23,25). The van der Waals surface area contributed by atoms with Gasteiger partial charge in [-0.25, -0.2) is 15.0 Å². The number of nitrogens with zero attached hydrogens (tertiary/aromatic N) is 4. The van der Waals surface area contributed by atoms with E-state index in [2.05, 4.69) is 38.1 Å². The van der Waals surface area contributed by atoms with Crippen LogP contribution in [-0.4, -0.2) is 26.1 Å². The number of hydrogen-bond acceptors (Lipinski definition) is 5. The molecule has 0 amide bonds. The number of nitrogens with one attached hydrogen (secondary N) is 1. The molecule has 4 aromatic rings. The van der Waals surface area contributed by atoms with E-state index in [-0.39, 0.29) is 0 Å². The SMILES string of the molecule is c1cnc2c(c1)ncn2Cc1ccc2nc(NCC3CCCCC3)sc2c1. The van der Waals surface area contributed by atoms with Gasteiger partial charge in [0.15, 0.2) is 10.8 Å². The van der Waals surface area contributed by atoms with E-state index in [1.54, 1.807) is 11.3 Å². The highest BCUT2D eigenvalue weighted by Crippen LogP contribution is 2.29. The Hall–Kier alpha value is -2.47. The van der Waals surface area contributed by atoms with Gasteiger partial charge in [-0.1, -0.05) is 36.7 Å². The highest BCUT2D eigenvalue weighted by atomic mass is 32.1. The third-order valence-electron chi connectivity index (χ3n) is 5.45. The van der Waals surface area contributed by atoms with Crippen molar-refractivity contribution in [1.29, 1.82) is 0 Å². The number of anilines is 1. The normalized spacial score (nSPS) is 15.6. The van der Waals surface area contributed by atoms with Crippen molar-refractivity contribution in [2.45, 2.75) is 38.6 Å². The minimum absolute atomic E-state index is 0.770. The molecule has 5 nitrogen and oxygen atoms in total. The van der Waals surface area contributed by atoms with Crippen LogP contribution < -0.4 is 5.32 Å². The third kappa shape index (κ3) is 3.54. The number of hydrogen-bond donors (Lipinski definition) is 1. The molecule has 1 aliphatic carbocycles. The van der Waals surface area contributed by atoms with Crippen molar-refractivity contribution in [2.24, 2.45) is 5.92 Å². The van der Waals surface area contributed by atoms with E-state index >= 15 is 0 Å². The molecular weight excluding hydrogens is 354 g/mol. The number of thiazole rings is 1. The predicted octanol–water partition coefficient (Wildman–Crippen LogP) is 5.08. The van der Waals surface area contributed by atoms with Gasteiger partial charge in [0.2, 0.25) is 0 Å². The van der Waals surface area contributed by atoms with Crippen LogP contribution in [-0.2, 0) is 6.54 Å². The molecule has 0 spiro atoms. The molecule has 0 bridgehead atoms. The van der Waals surface area contributed by atoms with Crippen LogP contribution in [0.4, 0.5) is 5.13 Å². The topological polar surface area (TPSA) is 55.6 Å². The Balaban J connectivity index is 1.32. The van der Waals surface area contributed by atoms with Crippen LogP contribution in [0.3, 0.4) is 0 Å². The molecule has 1 aromatic carbocycles. The van der Waals surface area contributed by atoms with Gasteiger partial charge < -0.3 is 9.88 Å². The maximum Gasteiger partial charge on any atom is 0.183 e. The number of rotatable bonds is 5. The summed E-state index contributed by atoms with van der Waals surface area (Å²) in [6.07, 6.45) is 10.6. The molecule has 0 atom stereocenters. The molecule has 1 aliphatic rings. The van der Waals surface area contributed by atoms with Crippen LogP contribution in [0.15, 0.2) is 42.9 Å². The van der Waals surface area contributed by atoms with Crippen molar-refractivity contribution >= 4 is 37.8 Å². The smallest absolute Gasteiger partial charge is 0.183 e. The average molecular weight is 378 g/mol. The largest absolute Gasteiger partial charge is 0.361 e. The fourth-order valence-electron chi connectivity index (χ4n) is 3.98. The van der Waals surface area contributed by atoms with Gasteiger partial charge in [0.25, 0.3) is 0 Å². The average Bonchev–Trinajstić information content (AvgIpc) is 3.31. The van der Waals surface area contributed by atoms with E-state index in [9.17, 15) is 0 Å². The maximum atomic E-state index is 4.76. The van der Waals surface area contributed by atoms with Gasteiger partial charge in [0.1, 0.15) is 5.52 Å². The zero-order valence-electron chi connectivity index (χ0n) is 15.3. The van der Waals surface area contributed by atoms with Crippen LogP contribution in [0.25, 0.3) is 21.4 Å². The Labute approximate surface area is 162 Å². The number of imidazole rings is 1. The summed E-state index contributed by atoms with van der Waals surface area (Å²) in [4.78, 5) is 13.6. The van der Waals surface area contributed by atoms with Crippen molar-refractivity contribution in [1.82, 2.24) is 19.5 Å². The van der Waals surface area contributed by atoms with Crippen LogP contribution in [0.5, 0.6) is 0 Å². The van der Waals surface area contributed by atoms with Gasteiger partial charge >= 0.3 is 0 Å². The summed E-state index contributed by atoms with van der Waals surface area (Å²) in [6, 6.07) is 10.4. The van der Waals surface area contributed by atoms with E-state index in [0.717, 1.165) is 40.8 Å². The molecule has 27 heavy (non-hydrogen) atoms. The minimum atomic E-state index is 0.770. The van der Waals surface area contributed by atoms with Crippen molar-refractivity contribution in [3.8, 4) is 0 Å². The quantitative estimate of drug-likeness (QED) is 0.527. The molecule has 0 unspecified atom stereocenters. The molecule has 0 radical (unpaired) electrons. The maximum absolute atomic E-state index is 4.76. The summed E-state index contributed by atoms with van der Waals surface area (Å²) in [6.45, 7) is 1.82. The highest BCUT2D eigenvalue weighted by molar-refractivity contribution is 7.22. The Kier molecular flexibility index (Phi) is 4.49. The predicted molar refractivity (Wildman–Crippen MR) is 111 cm³/mol. The second kappa shape index (κ2) is 7.27. The molecule has 138 valence electrons. The number of aromatic nitrogens is 4. The van der Waals surface area contributed by atoms with Crippen molar-refractivity contribution in [3.63, 3.8) is 0 Å². The summed E-state index contributed by atoms with van der Waals surface area (Å²) >= 11 is 1.75. The van der Waals surface area contributed by atoms with Crippen molar-refractivity contribution < 1.29 is 0 Å². The Morgan fingerprint density at radius 3 is 2.93 bits per heavy atom. The lowest BCUT2D eigenvalue weighted by molar-refractivity contribution is 0.373. The Bertz CT molecular complexity index is 1060. The molecule has 1 N–H and O–H groups in total. The third-order valence-corrected chi connectivity index (χ3v) is 6.42. The van der Waals surface area contributed by atoms with Crippen LogP contribution in [0, 0.1) is 5.92 Å². The first kappa shape index (κ1) is 16.7. The van der Waals surface area contributed by atoms with Crippen molar-refractivity contribution in [2.75, 3.05) is 11.9 Å². The molecule has 3 aromatic heterocycles. The summed E-state index contributed by atoms with van der Waals surface area (Å²) in [7, 11) is 0. The van der Waals surface area contributed by atoms with Crippen LogP contribution in [0.2, 0.25) is 0 Å². The van der Waals surface area contributed by atoms with Gasteiger partial charge in [0.05, 0.1) is 23.1 Å². The highest BCUT2D eigenvalue weighted by Gasteiger charge is 2.14. The molecule has 3 heterocycles. The fraction of sp³-hybridized carbons (Fsp3) is 0.381. The lowest BCUT2D eigenvalue weighted by Crippen LogP contribution is -2.16. The zero-order chi connectivity index (χ0) is 18.1. The monoisotopic (exact) mass is 377 g/mol. The fourth-order valence-corrected chi connectivity index (χ4v) is 4.91. The van der Waals surface area contributed by atoms with E-state index in [0.29, 0.717) is 0 Å². The molecular formula is C21H23N5S. The molecule has 0 saturated heterocycles.